The van der Waals surface area contributed by atoms with Gasteiger partial charge >= 0.3 is 12.1 Å². The fraction of sp³-hybridized carbons (Fsp3) is 0.231. The van der Waals surface area contributed by atoms with Crippen LogP contribution in [0.15, 0.2) is 78.4 Å². The van der Waals surface area contributed by atoms with Crippen molar-refractivity contribution in [2.75, 3.05) is 10.8 Å². The number of rotatable bonds is 8. The van der Waals surface area contributed by atoms with Gasteiger partial charge in [-0.25, -0.2) is 13.1 Å². The minimum atomic E-state index is -4.74. The molecule has 1 aromatic heterocycles. The molecule has 12 heteroatoms. The maximum absolute atomic E-state index is 13.7. The van der Waals surface area contributed by atoms with Gasteiger partial charge in [0.2, 0.25) is 0 Å². The summed E-state index contributed by atoms with van der Waals surface area (Å²) in [4.78, 5) is 10.6. The molecule has 8 nitrogen and oxygen atoms in total. The van der Waals surface area contributed by atoms with Gasteiger partial charge in [-0.1, -0.05) is 18.7 Å². The third kappa shape index (κ3) is 5.44. The van der Waals surface area contributed by atoms with Gasteiger partial charge in [0.05, 0.1) is 28.4 Å². The maximum Gasteiger partial charge on any atom is 0.416 e. The predicted molar refractivity (Wildman–Crippen MR) is 134 cm³/mol. The molecule has 0 saturated heterocycles. The van der Waals surface area contributed by atoms with Crippen molar-refractivity contribution in [3.63, 3.8) is 0 Å². The van der Waals surface area contributed by atoms with Crippen molar-refractivity contribution in [3.8, 4) is 5.75 Å². The molecule has 0 saturated carbocycles. The zero-order valence-electron chi connectivity index (χ0n) is 20.2. The van der Waals surface area contributed by atoms with Crippen LogP contribution >= 0.6 is 0 Å². The van der Waals surface area contributed by atoms with Crippen molar-refractivity contribution < 1.29 is 36.2 Å². The Bertz CT molecular complexity index is 1510. The molecule has 0 fully saturated rings. The van der Waals surface area contributed by atoms with E-state index in [4.69, 9.17) is 9.84 Å². The number of carboxylic acids is 1. The lowest BCUT2D eigenvalue weighted by Crippen LogP contribution is -2.43. The highest BCUT2D eigenvalue weighted by molar-refractivity contribution is 7.92. The lowest BCUT2D eigenvalue weighted by molar-refractivity contribution is -0.138. The van der Waals surface area contributed by atoms with Crippen molar-refractivity contribution in [2.45, 2.75) is 36.9 Å². The molecule has 1 aliphatic rings. The highest BCUT2D eigenvalue weighted by atomic mass is 32.2. The Labute approximate surface area is 217 Å². The molecule has 1 atom stereocenters. The van der Waals surface area contributed by atoms with Crippen LogP contribution in [0, 0.1) is 6.92 Å². The fourth-order valence-corrected chi connectivity index (χ4v) is 5.66. The normalized spacial score (nSPS) is 16.1. The van der Waals surface area contributed by atoms with E-state index >= 15 is 0 Å². The van der Waals surface area contributed by atoms with Gasteiger partial charge in [-0.2, -0.15) is 18.3 Å². The van der Waals surface area contributed by atoms with Gasteiger partial charge in [0.15, 0.2) is 0 Å². The Hall–Kier alpha value is -4.06. The number of allylic oxidation sites excluding steroid dienone is 2. The lowest BCUT2D eigenvalue weighted by Gasteiger charge is -2.36. The summed E-state index contributed by atoms with van der Waals surface area (Å²) in [5.74, 6) is -0.933. The van der Waals surface area contributed by atoms with Gasteiger partial charge in [-0.15, -0.1) is 0 Å². The number of aryl methyl sites for hydroxylation is 1. The molecular formula is C26H24F3N3O5S. The molecule has 0 radical (unpaired) electrons. The molecule has 0 spiro atoms. The first kappa shape index (κ1) is 27.0. The number of sulfonamides is 1. The molecule has 0 unspecified atom stereocenters. The third-order valence-corrected chi connectivity index (χ3v) is 7.73. The zero-order valence-corrected chi connectivity index (χ0v) is 21.0. The van der Waals surface area contributed by atoms with Gasteiger partial charge in [0.25, 0.3) is 10.0 Å². The van der Waals surface area contributed by atoms with Gasteiger partial charge in [-0.05, 0) is 61.9 Å². The first-order chi connectivity index (χ1) is 17.9. The SMILES string of the molecule is C=C/C=C(/c1ccc2c(c1)N(S(=O)(=O)c1cccc(C(F)(F)F)c1)C[C@H](CCC(=O)O)O2)n1nccc1C. The van der Waals surface area contributed by atoms with E-state index in [0.717, 1.165) is 28.2 Å². The van der Waals surface area contributed by atoms with Crippen molar-refractivity contribution in [1.82, 2.24) is 9.78 Å². The second kappa shape index (κ2) is 10.4. The van der Waals surface area contributed by atoms with E-state index in [1.54, 1.807) is 47.3 Å². The van der Waals surface area contributed by atoms with Crippen LogP contribution in [-0.2, 0) is 21.0 Å². The van der Waals surface area contributed by atoms with Gasteiger partial charge in [-0.3, -0.25) is 9.10 Å². The number of halogens is 3. The number of aliphatic carboxylic acids is 1. The Morgan fingerprint density at radius 2 is 2.00 bits per heavy atom. The quantitative estimate of drug-likeness (QED) is 0.394. The van der Waals surface area contributed by atoms with Gasteiger partial charge < -0.3 is 9.84 Å². The molecule has 2 aromatic carbocycles. The monoisotopic (exact) mass is 547 g/mol. The Morgan fingerprint density at radius 1 is 1.24 bits per heavy atom. The van der Waals surface area contributed by atoms with Crippen molar-refractivity contribution >= 4 is 27.4 Å². The Kier molecular flexibility index (Phi) is 7.36. The molecular weight excluding hydrogens is 523 g/mol. The predicted octanol–water partition coefficient (Wildman–Crippen LogP) is 5.11. The average Bonchev–Trinajstić information content (AvgIpc) is 3.30. The maximum atomic E-state index is 13.7. The first-order valence-electron chi connectivity index (χ1n) is 11.5. The molecule has 0 amide bonds. The van der Waals surface area contributed by atoms with Crippen molar-refractivity contribution in [3.05, 3.63) is 90.3 Å². The van der Waals surface area contributed by atoms with Crippen LogP contribution in [0.5, 0.6) is 5.75 Å². The second-order valence-electron chi connectivity index (χ2n) is 8.59. The van der Waals surface area contributed by atoms with E-state index in [1.807, 2.05) is 6.92 Å². The summed E-state index contributed by atoms with van der Waals surface area (Å²) in [7, 11) is -4.50. The summed E-state index contributed by atoms with van der Waals surface area (Å²) in [6, 6.07) is 10.1. The molecule has 38 heavy (non-hydrogen) atoms. The van der Waals surface area contributed by atoms with Crippen molar-refractivity contribution in [2.24, 2.45) is 0 Å². The number of anilines is 1. The van der Waals surface area contributed by atoms with Crippen LogP contribution in [0.3, 0.4) is 0 Å². The minimum absolute atomic E-state index is 0.000760. The number of fused-ring (bicyclic) bond motifs is 1. The van der Waals surface area contributed by atoms with E-state index in [2.05, 4.69) is 11.7 Å². The average molecular weight is 548 g/mol. The van der Waals surface area contributed by atoms with E-state index in [9.17, 15) is 26.4 Å². The summed E-state index contributed by atoms with van der Waals surface area (Å²) in [5, 5.41) is 13.4. The largest absolute Gasteiger partial charge is 0.486 e. The smallest absolute Gasteiger partial charge is 0.416 e. The number of hydrogen-bond donors (Lipinski definition) is 1. The molecule has 0 aliphatic carbocycles. The number of aromatic nitrogens is 2. The highest BCUT2D eigenvalue weighted by Crippen LogP contribution is 2.40. The first-order valence-corrected chi connectivity index (χ1v) is 12.9. The number of carbonyl (C=O) groups is 1. The van der Waals surface area contributed by atoms with Crippen LogP contribution in [-0.4, -0.2) is 41.9 Å². The number of benzene rings is 2. The Morgan fingerprint density at radius 3 is 2.63 bits per heavy atom. The number of nitrogens with zero attached hydrogens (tertiary/aromatic N) is 3. The van der Waals surface area contributed by atoms with E-state index < -0.39 is 38.7 Å². The molecule has 200 valence electrons. The summed E-state index contributed by atoms with van der Waals surface area (Å²) < 4.78 is 76.1. The summed E-state index contributed by atoms with van der Waals surface area (Å²) in [5.41, 5.74) is 0.927. The molecule has 1 N–H and O–H groups in total. The zero-order chi connectivity index (χ0) is 27.7. The van der Waals surface area contributed by atoms with Gasteiger partial charge in [0, 0.05) is 23.9 Å². The number of alkyl halides is 3. The highest BCUT2D eigenvalue weighted by Gasteiger charge is 2.37. The molecule has 2 heterocycles. The van der Waals surface area contributed by atoms with E-state index in [1.165, 1.54) is 0 Å². The molecule has 1 aliphatic heterocycles. The van der Waals surface area contributed by atoms with Crippen LogP contribution in [0.2, 0.25) is 0 Å². The number of carboxylic acid groups (broad SMARTS) is 1. The number of ether oxygens (including phenoxy) is 1. The molecule has 3 aromatic rings. The van der Waals surface area contributed by atoms with E-state index in [-0.39, 0.29) is 30.8 Å². The molecule has 0 bridgehead atoms. The summed E-state index contributed by atoms with van der Waals surface area (Å²) in [6.45, 7) is 5.28. The second-order valence-corrected chi connectivity index (χ2v) is 10.5. The molecule has 4 rings (SSSR count). The van der Waals surface area contributed by atoms with Crippen LogP contribution < -0.4 is 9.04 Å². The van der Waals surface area contributed by atoms with Crippen LogP contribution in [0.4, 0.5) is 18.9 Å². The lowest BCUT2D eigenvalue weighted by atomic mass is 10.1. The minimum Gasteiger partial charge on any atom is -0.486 e. The Balaban J connectivity index is 1.84. The van der Waals surface area contributed by atoms with Crippen LogP contribution in [0.25, 0.3) is 5.70 Å². The summed E-state index contributed by atoms with van der Waals surface area (Å²) >= 11 is 0. The van der Waals surface area contributed by atoms with Gasteiger partial charge in [0.1, 0.15) is 11.9 Å². The summed E-state index contributed by atoms with van der Waals surface area (Å²) in [6.07, 6.45) is -1.01. The number of hydrogen-bond acceptors (Lipinski definition) is 5. The van der Waals surface area contributed by atoms with Crippen LogP contribution in [0.1, 0.15) is 29.7 Å². The van der Waals surface area contributed by atoms with Crippen molar-refractivity contribution in [1.29, 1.82) is 0 Å². The van der Waals surface area contributed by atoms with E-state index in [0.29, 0.717) is 17.3 Å². The standard InChI is InChI=1S/C26H24F3N3O5S/c1-3-5-22(32-17(2)12-13-30-32)18-8-10-24-23(14-18)31(16-20(37-24)9-11-25(33)34)38(35,36)21-7-4-6-19(15-21)26(27,28)29/h3-8,10,12-15,20H,1,9,11,16H2,2H3,(H,33,34)/b22-5-/t20-/m0/s1. The third-order valence-electron chi connectivity index (χ3n) is 5.95. The topological polar surface area (TPSA) is 102 Å². The fourth-order valence-electron chi connectivity index (χ4n) is 4.12.